The van der Waals surface area contributed by atoms with Gasteiger partial charge in [0.25, 0.3) is 0 Å². The minimum absolute atomic E-state index is 0.419. The van der Waals surface area contributed by atoms with E-state index < -0.39 is 0 Å². The molecular formula is C13H18NO. The molecule has 1 aromatic rings. The molecule has 0 spiro atoms. The van der Waals surface area contributed by atoms with Crippen LogP contribution in [0.25, 0.3) is 0 Å². The second kappa shape index (κ2) is 5.29. The van der Waals surface area contributed by atoms with Crippen LogP contribution in [0.3, 0.4) is 0 Å². The van der Waals surface area contributed by atoms with Crippen molar-refractivity contribution >= 4 is 0 Å². The molecule has 0 bridgehead atoms. The number of benzene rings is 1. The summed E-state index contributed by atoms with van der Waals surface area (Å²) in [6.45, 7) is 4.80. The van der Waals surface area contributed by atoms with Gasteiger partial charge in [-0.3, -0.25) is 0 Å². The van der Waals surface area contributed by atoms with Crippen molar-refractivity contribution in [3.63, 3.8) is 0 Å². The average Bonchev–Trinajstić information content (AvgIpc) is 2.28. The van der Waals surface area contributed by atoms with Crippen molar-refractivity contribution in [2.75, 3.05) is 13.1 Å². The van der Waals surface area contributed by atoms with Gasteiger partial charge in [0, 0.05) is 13.1 Å². The molecule has 1 aromatic carbocycles. The van der Waals surface area contributed by atoms with Crippen LogP contribution in [0.1, 0.15) is 24.0 Å². The maximum atomic E-state index is 5.86. The average molecular weight is 204 g/mol. The van der Waals surface area contributed by atoms with Crippen molar-refractivity contribution in [1.82, 2.24) is 5.32 Å². The lowest BCUT2D eigenvalue weighted by atomic mass is 10.1. The number of nitrogens with zero attached hydrogens (tertiary/aromatic N) is 1. The highest BCUT2D eigenvalue weighted by Gasteiger charge is 2.13. The first-order valence-electron chi connectivity index (χ1n) is 5.65. The number of ether oxygens (including phenoxy) is 1. The lowest BCUT2D eigenvalue weighted by Crippen LogP contribution is -2.28. The lowest BCUT2D eigenvalue weighted by molar-refractivity contribution is 0.0207. The van der Waals surface area contributed by atoms with Crippen molar-refractivity contribution in [3.05, 3.63) is 35.4 Å². The van der Waals surface area contributed by atoms with Gasteiger partial charge in [0.05, 0.1) is 12.7 Å². The maximum Gasteiger partial charge on any atom is 0.0720 e. The molecule has 2 nitrogen and oxygen atoms in total. The van der Waals surface area contributed by atoms with Gasteiger partial charge in [-0.2, -0.15) is 0 Å². The number of rotatable bonds is 3. The van der Waals surface area contributed by atoms with Crippen molar-refractivity contribution in [2.45, 2.75) is 32.5 Å². The van der Waals surface area contributed by atoms with Gasteiger partial charge in [0.15, 0.2) is 0 Å². The molecule has 1 aliphatic heterocycles. The zero-order valence-electron chi connectivity index (χ0n) is 9.28. The largest absolute Gasteiger partial charge is 0.373 e. The van der Waals surface area contributed by atoms with Crippen LogP contribution < -0.4 is 5.32 Å². The summed E-state index contributed by atoms with van der Waals surface area (Å²) in [5.74, 6) is 0. The summed E-state index contributed by atoms with van der Waals surface area (Å²) >= 11 is 0. The fourth-order valence-electron chi connectivity index (χ4n) is 1.91. The fourth-order valence-corrected chi connectivity index (χ4v) is 1.91. The highest BCUT2D eigenvalue weighted by Crippen LogP contribution is 2.12. The fraction of sp³-hybridized carbons (Fsp3) is 0.538. The van der Waals surface area contributed by atoms with Crippen LogP contribution >= 0.6 is 0 Å². The highest BCUT2D eigenvalue weighted by molar-refractivity contribution is 5.21. The van der Waals surface area contributed by atoms with Gasteiger partial charge in [-0.15, -0.1) is 0 Å². The van der Waals surface area contributed by atoms with E-state index in [1.165, 1.54) is 11.1 Å². The second-order valence-electron chi connectivity index (χ2n) is 4.17. The molecule has 1 heterocycles. The third-order valence-corrected chi connectivity index (χ3v) is 2.79. The van der Waals surface area contributed by atoms with Crippen LogP contribution in [0.4, 0.5) is 0 Å². The Morgan fingerprint density at radius 1 is 1.33 bits per heavy atom. The third-order valence-electron chi connectivity index (χ3n) is 2.79. The zero-order valence-corrected chi connectivity index (χ0v) is 9.28. The van der Waals surface area contributed by atoms with Crippen molar-refractivity contribution < 1.29 is 4.74 Å². The first kappa shape index (κ1) is 10.7. The second-order valence-corrected chi connectivity index (χ2v) is 4.17. The van der Waals surface area contributed by atoms with Crippen LogP contribution in [0.5, 0.6) is 0 Å². The quantitative estimate of drug-likeness (QED) is 0.741. The number of aryl methyl sites for hydroxylation is 1. The van der Waals surface area contributed by atoms with E-state index in [0.717, 1.165) is 32.5 Å². The number of hydrogen-bond donors (Lipinski definition) is 0. The highest BCUT2D eigenvalue weighted by atomic mass is 16.5. The number of piperidine rings is 1. The van der Waals surface area contributed by atoms with E-state index in [2.05, 4.69) is 36.5 Å². The minimum atomic E-state index is 0.419. The molecule has 0 aliphatic carbocycles. The first-order valence-corrected chi connectivity index (χ1v) is 5.65. The van der Waals surface area contributed by atoms with E-state index in [-0.39, 0.29) is 0 Å². The van der Waals surface area contributed by atoms with Gasteiger partial charge in [-0.1, -0.05) is 29.8 Å². The van der Waals surface area contributed by atoms with E-state index in [0.29, 0.717) is 6.10 Å². The molecule has 1 aliphatic rings. The van der Waals surface area contributed by atoms with E-state index in [1.807, 2.05) is 0 Å². The van der Waals surface area contributed by atoms with Crippen LogP contribution in [-0.4, -0.2) is 19.2 Å². The molecule has 0 atom stereocenters. The van der Waals surface area contributed by atoms with Crippen molar-refractivity contribution in [2.24, 2.45) is 0 Å². The van der Waals surface area contributed by atoms with Crippen LogP contribution in [-0.2, 0) is 11.3 Å². The summed E-state index contributed by atoms with van der Waals surface area (Å²) in [5, 5.41) is 4.32. The minimum Gasteiger partial charge on any atom is -0.373 e. The Kier molecular flexibility index (Phi) is 3.75. The molecule has 1 fully saturated rings. The third kappa shape index (κ3) is 3.33. The molecule has 0 aromatic heterocycles. The molecule has 81 valence electrons. The van der Waals surface area contributed by atoms with E-state index in [9.17, 15) is 0 Å². The Balaban J connectivity index is 1.81. The van der Waals surface area contributed by atoms with E-state index >= 15 is 0 Å². The van der Waals surface area contributed by atoms with Crippen molar-refractivity contribution in [1.29, 1.82) is 0 Å². The maximum absolute atomic E-state index is 5.86. The molecule has 0 unspecified atom stereocenters. The van der Waals surface area contributed by atoms with Crippen LogP contribution in [0.2, 0.25) is 0 Å². The number of hydrogen-bond acceptors (Lipinski definition) is 1. The Hall–Kier alpha value is -0.860. The Morgan fingerprint density at radius 3 is 2.87 bits per heavy atom. The van der Waals surface area contributed by atoms with Gasteiger partial charge in [-0.05, 0) is 25.3 Å². The summed E-state index contributed by atoms with van der Waals surface area (Å²) in [5.41, 5.74) is 2.58. The van der Waals surface area contributed by atoms with E-state index in [4.69, 9.17) is 4.74 Å². The molecule has 1 radical (unpaired) electrons. The smallest absolute Gasteiger partial charge is 0.0720 e. The van der Waals surface area contributed by atoms with Gasteiger partial charge in [0.1, 0.15) is 0 Å². The van der Waals surface area contributed by atoms with Gasteiger partial charge >= 0.3 is 0 Å². The topological polar surface area (TPSA) is 23.3 Å². The molecular weight excluding hydrogens is 186 g/mol. The van der Waals surface area contributed by atoms with E-state index in [1.54, 1.807) is 0 Å². The monoisotopic (exact) mass is 204 g/mol. The van der Waals surface area contributed by atoms with Crippen molar-refractivity contribution in [3.8, 4) is 0 Å². The van der Waals surface area contributed by atoms with Gasteiger partial charge in [-0.25, -0.2) is 5.32 Å². The first-order chi connectivity index (χ1) is 7.34. The predicted octanol–water partition coefficient (Wildman–Crippen LogP) is 2.28. The lowest BCUT2D eigenvalue weighted by Gasteiger charge is -2.21. The summed E-state index contributed by atoms with van der Waals surface area (Å²) in [4.78, 5) is 0. The molecule has 1 saturated heterocycles. The molecule has 15 heavy (non-hydrogen) atoms. The van der Waals surface area contributed by atoms with Crippen LogP contribution in [0, 0.1) is 6.92 Å². The molecule has 0 N–H and O–H groups in total. The summed E-state index contributed by atoms with van der Waals surface area (Å²) in [6, 6.07) is 8.51. The Labute approximate surface area is 91.6 Å². The van der Waals surface area contributed by atoms with Gasteiger partial charge in [0.2, 0.25) is 0 Å². The molecule has 2 heteroatoms. The van der Waals surface area contributed by atoms with Crippen LogP contribution in [0.15, 0.2) is 24.3 Å². The Bertz CT molecular complexity index is 305. The predicted molar refractivity (Wildman–Crippen MR) is 60.9 cm³/mol. The Morgan fingerprint density at radius 2 is 2.13 bits per heavy atom. The standard InChI is InChI=1S/C13H18NO/c1-11-3-2-4-12(9-11)10-15-13-5-7-14-8-6-13/h2-4,9,13H,5-8,10H2,1H3. The molecule has 0 saturated carbocycles. The molecule has 2 rings (SSSR count). The SMILES string of the molecule is Cc1cccc(COC2CC[N]CC2)c1. The van der Waals surface area contributed by atoms with Gasteiger partial charge < -0.3 is 4.74 Å². The molecule has 0 amide bonds. The summed E-state index contributed by atoms with van der Waals surface area (Å²) in [7, 11) is 0. The zero-order chi connectivity index (χ0) is 10.5. The summed E-state index contributed by atoms with van der Waals surface area (Å²) in [6.07, 6.45) is 2.60. The summed E-state index contributed by atoms with van der Waals surface area (Å²) < 4.78 is 5.86. The normalized spacial score (nSPS) is 17.9.